The summed E-state index contributed by atoms with van der Waals surface area (Å²) in [7, 11) is 0.311. The first-order valence-electron chi connectivity index (χ1n) is 8.62. The average Bonchev–Trinajstić information content (AvgIpc) is 2.50. The molecule has 0 aliphatic carbocycles. The van der Waals surface area contributed by atoms with E-state index in [0.717, 1.165) is 32.1 Å². The van der Waals surface area contributed by atoms with Crippen LogP contribution in [-0.4, -0.2) is 36.9 Å². The molecule has 1 aliphatic rings. The highest BCUT2D eigenvalue weighted by molar-refractivity contribution is 7.89. The highest BCUT2D eigenvalue weighted by atomic mass is 32.2. The molecule has 1 fully saturated rings. The van der Waals surface area contributed by atoms with Gasteiger partial charge in [-0.3, -0.25) is 0 Å². The number of rotatable bonds is 11. The van der Waals surface area contributed by atoms with Crippen molar-refractivity contribution in [2.75, 3.05) is 12.3 Å². The first-order chi connectivity index (χ1) is 10.1. The molecule has 3 nitrogen and oxygen atoms in total. The van der Waals surface area contributed by atoms with E-state index in [1.54, 1.807) is 4.31 Å². The lowest BCUT2D eigenvalue weighted by Crippen LogP contribution is -2.45. The van der Waals surface area contributed by atoms with Gasteiger partial charge in [0.05, 0.1) is 5.75 Å². The Labute approximate surface area is 133 Å². The molecule has 5 heteroatoms. The highest BCUT2D eigenvalue weighted by Crippen LogP contribution is 2.21. The zero-order chi connectivity index (χ0) is 15.6. The predicted molar refractivity (Wildman–Crippen MR) is 95.1 cm³/mol. The van der Waals surface area contributed by atoms with Crippen LogP contribution in [0, 0.1) is 0 Å². The first-order valence-corrected chi connectivity index (χ1v) is 10.8. The minimum absolute atomic E-state index is 0.0504. The molecule has 0 amide bonds. The molecular weight excluding hydrogens is 301 g/mol. The smallest absolute Gasteiger partial charge is 0.212 e. The quantitative estimate of drug-likeness (QED) is 0.418. The molecule has 1 rings (SSSR count). The summed E-state index contributed by atoms with van der Waals surface area (Å²) in [6.45, 7) is 2.91. The molecule has 0 spiro atoms. The number of hydrogen-bond acceptors (Lipinski definition) is 2. The second-order valence-corrected chi connectivity index (χ2v) is 8.51. The number of hydrogen-bond donors (Lipinski definition) is 0. The summed E-state index contributed by atoms with van der Waals surface area (Å²) in [5.41, 5.74) is 0. The highest BCUT2D eigenvalue weighted by Gasteiger charge is 2.29. The van der Waals surface area contributed by atoms with Gasteiger partial charge in [0.25, 0.3) is 0 Å². The SMILES string of the molecule is CCCCCCCCCCS(=O)(=O)N1CCCCC1C=P. The summed E-state index contributed by atoms with van der Waals surface area (Å²) in [5.74, 6) is 2.17. The summed E-state index contributed by atoms with van der Waals surface area (Å²) in [6, 6.07) is 0.0504. The maximum atomic E-state index is 12.4. The van der Waals surface area contributed by atoms with Crippen molar-refractivity contribution >= 4 is 24.7 Å². The molecular formula is C16H32NO2PS. The Hall–Kier alpha value is 0.0800. The molecule has 1 atom stereocenters. The maximum Gasteiger partial charge on any atom is 0.214 e. The van der Waals surface area contributed by atoms with Gasteiger partial charge in [-0.2, -0.15) is 4.31 Å². The Balaban J connectivity index is 2.21. The van der Waals surface area contributed by atoms with Gasteiger partial charge < -0.3 is 0 Å². The van der Waals surface area contributed by atoms with Crippen LogP contribution < -0.4 is 0 Å². The molecule has 124 valence electrons. The van der Waals surface area contributed by atoms with Crippen molar-refractivity contribution in [3.05, 3.63) is 0 Å². The van der Waals surface area contributed by atoms with Crippen LogP contribution in [0.25, 0.3) is 0 Å². The van der Waals surface area contributed by atoms with Crippen LogP contribution in [0.15, 0.2) is 0 Å². The third kappa shape index (κ3) is 7.25. The fraction of sp³-hybridized carbons (Fsp3) is 0.938. The van der Waals surface area contributed by atoms with Crippen molar-refractivity contribution in [3.8, 4) is 0 Å². The summed E-state index contributed by atoms with van der Waals surface area (Å²) in [5, 5.41) is 0. The van der Waals surface area contributed by atoms with Gasteiger partial charge in [-0.1, -0.05) is 58.3 Å². The van der Waals surface area contributed by atoms with Crippen LogP contribution in [-0.2, 0) is 10.0 Å². The van der Waals surface area contributed by atoms with Gasteiger partial charge in [0.1, 0.15) is 0 Å². The Kier molecular flexibility index (Phi) is 9.79. The molecule has 1 aliphatic heterocycles. The normalized spacial score (nSPS) is 20.5. The van der Waals surface area contributed by atoms with E-state index in [4.69, 9.17) is 0 Å². The van der Waals surface area contributed by atoms with Crippen LogP contribution in [0.1, 0.15) is 77.6 Å². The van der Waals surface area contributed by atoms with Crippen LogP contribution in [0.2, 0.25) is 0 Å². The van der Waals surface area contributed by atoms with Gasteiger partial charge in [-0.05, 0) is 25.1 Å². The molecule has 0 aromatic rings. The van der Waals surface area contributed by atoms with Gasteiger partial charge in [-0.15, -0.1) is 8.86 Å². The number of nitrogens with zero attached hydrogens (tertiary/aromatic N) is 1. The van der Waals surface area contributed by atoms with Crippen LogP contribution in [0.5, 0.6) is 0 Å². The monoisotopic (exact) mass is 333 g/mol. The lowest BCUT2D eigenvalue weighted by atomic mass is 10.1. The molecule has 0 radical (unpaired) electrons. The Morgan fingerprint density at radius 1 is 1.05 bits per heavy atom. The van der Waals surface area contributed by atoms with Crippen molar-refractivity contribution in [2.24, 2.45) is 0 Å². The number of sulfonamides is 1. The lowest BCUT2D eigenvalue weighted by molar-refractivity contribution is 0.310. The number of unbranched alkanes of at least 4 members (excludes halogenated alkanes) is 7. The van der Waals surface area contributed by atoms with E-state index in [-0.39, 0.29) is 6.04 Å². The van der Waals surface area contributed by atoms with Crippen molar-refractivity contribution in [1.82, 2.24) is 4.31 Å². The minimum Gasteiger partial charge on any atom is -0.212 e. The molecule has 0 saturated carbocycles. The van der Waals surface area contributed by atoms with Crippen LogP contribution in [0.4, 0.5) is 0 Å². The van der Waals surface area contributed by atoms with Crippen molar-refractivity contribution in [3.63, 3.8) is 0 Å². The third-order valence-corrected chi connectivity index (χ3v) is 6.66. The van der Waals surface area contributed by atoms with E-state index >= 15 is 0 Å². The fourth-order valence-electron chi connectivity index (χ4n) is 2.98. The first kappa shape index (κ1) is 19.1. The Morgan fingerprint density at radius 3 is 2.29 bits per heavy atom. The maximum absolute atomic E-state index is 12.4. The van der Waals surface area contributed by atoms with E-state index in [0.29, 0.717) is 12.3 Å². The standard InChI is InChI=1S/C16H32NO2PS/c1-2-3-4-5-6-7-8-11-14-21(18,19)17-13-10-9-12-16(17)15-20/h15-16,20H,2-14H2,1H3. The van der Waals surface area contributed by atoms with Crippen LogP contribution in [0.3, 0.4) is 0 Å². The van der Waals surface area contributed by atoms with Gasteiger partial charge >= 0.3 is 0 Å². The summed E-state index contributed by atoms with van der Waals surface area (Å²) in [4.78, 5) is 0. The molecule has 1 saturated heterocycles. The minimum atomic E-state index is -3.07. The Bertz CT molecular complexity index is 384. The molecule has 0 bridgehead atoms. The molecule has 0 aromatic heterocycles. The third-order valence-electron chi connectivity index (χ3n) is 4.30. The molecule has 0 N–H and O–H groups in total. The van der Waals surface area contributed by atoms with Gasteiger partial charge in [0.15, 0.2) is 0 Å². The second-order valence-electron chi connectivity index (χ2n) is 6.13. The zero-order valence-electron chi connectivity index (χ0n) is 13.5. The van der Waals surface area contributed by atoms with E-state index in [1.807, 2.05) is 5.80 Å². The van der Waals surface area contributed by atoms with Gasteiger partial charge in [0, 0.05) is 12.6 Å². The molecule has 21 heavy (non-hydrogen) atoms. The Morgan fingerprint density at radius 2 is 1.67 bits per heavy atom. The molecule has 1 heterocycles. The van der Waals surface area contributed by atoms with Crippen LogP contribution >= 0.6 is 8.86 Å². The topological polar surface area (TPSA) is 37.4 Å². The van der Waals surface area contributed by atoms with Gasteiger partial charge in [0.2, 0.25) is 10.0 Å². The fourth-order valence-corrected chi connectivity index (χ4v) is 5.22. The van der Waals surface area contributed by atoms with Gasteiger partial charge in [-0.25, -0.2) is 8.42 Å². The molecule has 1 unspecified atom stereocenters. The largest absolute Gasteiger partial charge is 0.214 e. The van der Waals surface area contributed by atoms with E-state index in [2.05, 4.69) is 15.8 Å². The summed E-state index contributed by atoms with van der Waals surface area (Å²) < 4.78 is 26.5. The summed E-state index contributed by atoms with van der Waals surface area (Å²) in [6.07, 6.45) is 12.6. The second kappa shape index (κ2) is 10.7. The van der Waals surface area contributed by atoms with E-state index in [1.165, 1.54) is 38.5 Å². The van der Waals surface area contributed by atoms with Crippen molar-refractivity contribution < 1.29 is 8.42 Å². The predicted octanol–water partition coefficient (Wildman–Crippen LogP) is 4.26. The molecule has 0 aromatic carbocycles. The summed E-state index contributed by atoms with van der Waals surface area (Å²) >= 11 is 0. The number of piperidine rings is 1. The van der Waals surface area contributed by atoms with Crippen molar-refractivity contribution in [2.45, 2.75) is 83.6 Å². The average molecular weight is 333 g/mol. The van der Waals surface area contributed by atoms with Crippen molar-refractivity contribution in [1.29, 1.82) is 0 Å². The zero-order valence-corrected chi connectivity index (χ0v) is 15.3. The van der Waals surface area contributed by atoms with E-state index < -0.39 is 10.0 Å². The van der Waals surface area contributed by atoms with E-state index in [9.17, 15) is 8.42 Å². The lowest BCUT2D eigenvalue weighted by Gasteiger charge is -2.32.